The van der Waals surface area contributed by atoms with Gasteiger partial charge in [-0.05, 0) is 35.7 Å². The van der Waals surface area contributed by atoms with E-state index in [1.54, 1.807) is 18.2 Å². The number of hydrogen-bond acceptors (Lipinski definition) is 2. The van der Waals surface area contributed by atoms with Gasteiger partial charge >= 0.3 is 0 Å². The first kappa shape index (κ1) is 13.8. The quantitative estimate of drug-likeness (QED) is 0.917. The van der Waals surface area contributed by atoms with Gasteiger partial charge in [-0.1, -0.05) is 37.3 Å². The van der Waals surface area contributed by atoms with Crippen LogP contribution >= 0.6 is 0 Å². The third-order valence-corrected chi connectivity index (χ3v) is 3.15. The molecule has 0 saturated heterocycles. The third kappa shape index (κ3) is 3.24. The number of nitriles is 1. The Labute approximate surface area is 118 Å². The number of carbonyl (C=O) groups is 1. The molecule has 0 radical (unpaired) electrons. The average Bonchev–Trinajstić information content (AvgIpc) is 2.49. The van der Waals surface area contributed by atoms with Crippen LogP contribution in [0.3, 0.4) is 0 Å². The minimum Gasteiger partial charge on any atom is -0.322 e. The molecule has 0 aliphatic heterocycles. The molecule has 2 aromatic carbocycles. The van der Waals surface area contributed by atoms with E-state index in [0.717, 1.165) is 17.7 Å². The van der Waals surface area contributed by atoms with Crippen molar-refractivity contribution in [3.8, 4) is 6.07 Å². The Hall–Kier alpha value is -2.60. The Kier molecular flexibility index (Phi) is 4.52. The lowest BCUT2D eigenvalue weighted by Gasteiger charge is -2.08. The second-order valence-electron chi connectivity index (χ2n) is 4.50. The number of carbonyl (C=O) groups excluding carboxylic acids is 1. The Morgan fingerprint density at radius 2 is 1.85 bits per heavy atom. The first-order chi connectivity index (χ1) is 9.74. The monoisotopic (exact) mass is 264 g/mol. The van der Waals surface area contributed by atoms with Gasteiger partial charge in [0.2, 0.25) is 0 Å². The van der Waals surface area contributed by atoms with E-state index in [1.807, 2.05) is 30.3 Å². The smallest absolute Gasteiger partial charge is 0.255 e. The number of amides is 1. The van der Waals surface area contributed by atoms with Crippen LogP contribution in [0.15, 0.2) is 48.5 Å². The molecule has 1 N–H and O–H groups in total. The molecule has 20 heavy (non-hydrogen) atoms. The number of nitrogens with one attached hydrogen (secondary N) is 1. The Balaban J connectivity index is 2.17. The summed E-state index contributed by atoms with van der Waals surface area (Å²) in [5, 5.41) is 11.7. The molecule has 3 nitrogen and oxygen atoms in total. The van der Waals surface area contributed by atoms with Gasteiger partial charge in [-0.25, -0.2) is 0 Å². The molecule has 0 unspecified atom stereocenters. The lowest BCUT2D eigenvalue weighted by molar-refractivity contribution is 0.102. The normalized spacial score (nSPS) is 9.80. The molecular formula is C17H16N2O. The molecule has 100 valence electrons. The average molecular weight is 264 g/mol. The van der Waals surface area contributed by atoms with Gasteiger partial charge in [0, 0.05) is 11.3 Å². The van der Waals surface area contributed by atoms with E-state index in [-0.39, 0.29) is 12.3 Å². The van der Waals surface area contributed by atoms with E-state index in [1.165, 1.54) is 5.56 Å². The van der Waals surface area contributed by atoms with Crippen LogP contribution < -0.4 is 5.32 Å². The van der Waals surface area contributed by atoms with Gasteiger partial charge in [0.05, 0.1) is 12.5 Å². The molecular weight excluding hydrogens is 248 g/mol. The molecule has 2 rings (SSSR count). The van der Waals surface area contributed by atoms with E-state index >= 15 is 0 Å². The number of benzene rings is 2. The summed E-state index contributed by atoms with van der Waals surface area (Å²) in [7, 11) is 0. The fourth-order valence-corrected chi connectivity index (χ4v) is 2.00. The van der Waals surface area contributed by atoms with Crippen molar-refractivity contribution in [2.24, 2.45) is 0 Å². The predicted molar refractivity (Wildman–Crippen MR) is 79.5 cm³/mol. The van der Waals surface area contributed by atoms with Crippen molar-refractivity contribution < 1.29 is 4.79 Å². The van der Waals surface area contributed by atoms with Crippen LogP contribution in [0.2, 0.25) is 0 Å². The SMILES string of the molecule is CCc1ccc(NC(=O)c2ccccc2CC#N)cc1. The second kappa shape index (κ2) is 6.53. The molecule has 0 aliphatic rings. The Morgan fingerprint density at radius 3 is 2.50 bits per heavy atom. The minimum atomic E-state index is -0.180. The zero-order chi connectivity index (χ0) is 14.4. The predicted octanol–water partition coefficient (Wildman–Crippen LogP) is 3.57. The highest BCUT2D eigenvalue weighted by Gasteiger charge is 2.10. The van der Waals surface area contributed by atoms with E-state index in [0.29, 0.717) is 5.56 Å². The summed E-state index contributed by atoms with van der Waals surface area (Å²) in [6.07, 6.45) is 1.21. The highest BCUT2D eigenvalue weighted by atomic mass is 16.1. The third-order valence-electron chi connectivity index (χ3n) is 3.15. The van der Waals surface area contributed by atoms with E-state index in [2.05, 4.69) is 18.3 Å². The van der Waals surface area contributed by atoms with Crippen molar-refractivity contribution in [2.75, 3.05) is 5.32 Å². The van der Waals surface area contributed by atoms with Crippen molar-refractivity contribution in [3.05, 3.63) is 65.2 Å². The van der Waals surface area contributed by atoms with Crippen LogP contribution in [0.25, 0.3) is 0 Å². The van der Waals surface area contributed by atoms with Crippen LogP contribution in [0, 0.1) is 11.3 Å². The van der Waals surface area contributed by atoms with Crippen molar-refractivity contribution in [1.29, 1.82) is 5.26 Å². The number of anilines is 1. The number of nitrogens with zero attached hydrogens (tertiary/aromatic N) is 1. The first-order valence-corrected chi connectivity index (χ1v) is 6.59. The molecule has 0 bridgehead atoms. The summed E-state index contributed by atoms with van der Waals surface area (Å²) in [5.74, 6) is -0.180. The van der Waals surface area contributed by atoms with Crippen LogP contribution in [-0.4, -0.2) is 5.91 Å². The molecule has 0 aromatic heterocycles. The molecule has 0 heterocycles. The molecule has 1 amide bonds. The molecule has 0 aliphatic carbocycles. The molecule has 0 fully saturated rings. The molecule has 2 aromatic rings. The molecule has 3 heteroatoms. The van der Waals surface area contributed by atoms with Crippen LogP contribution in [0.1, 0.15) is 28.4 Å². The van der Waals surface area contributed by atoms with Gasteiger partial charge in [0.1, 0.15) is 0 Å². The summed E-state index contributed by atoms with van der Waals surface area (Å²) in [5.41, 5.74) is 3.29. The minimum absolute atomic E-state index is 0.180. The summed E-state index contributed by atoms with van der Waals surface area (Å²) >= 11 is 0. The second-order valence-corrected chi connectivity index (χ2v) is 4.50. The van der Waals surface area contributed by atoms with Crippen LogP contribution in [-0.2, 0) is 12.8 Å². The fourth-order valence-electron chi connectivity index (χ4n) is 2.00. The molecule has 0 atom stereocenters. The van der Waals surface area contributed by atoms with Crippen molar-refractivity contribution in [1.82, 2.24) is 0 Å². The highest BCUT2D eigenvalue weighted by Crippen LogP contribution is 2.14. The molecule has 0 saturated carbocycles. The first-order valence-electron chi connectivity index (χ1n) is 6.59. The maximum atomic E-state index is 12.2. The summed E-state index contributed by atoms with van der Waals surface area (Å²) in [4.78, 5) is 12.2. The largest absolute Gasteiger partial charge is 0.322 e. The maximum absolute atomic E-state index is 12.2. The van der Waals surface area contributed by atoms with Gasteiger partial charge in [-0.2, -0.15) is 5.26 Å². The zero-order valence-electron chi connectivity index (χ0n) is 11.4. The summed E-state index contributed by atoms with van der Waals surface area (Å²) in [6.45, 7) is 2.09. The highest BCUT2D eigenvalue weighted by molar-refractivity contribution is 6.05. The van der Waals surface area contributed by atoms with Gasteiger partial charge in [0.15, 0.2) is 0 Å². The van der Waals surface area contributed by atoms with E-state index in [4.69, 9.17) is 5.26 Å². The van der Waals surface area contributed by atoms with Gasteiger partial charge in [0.25, 0.3) is 5.91 Å². The summed E-state index contributed by atoms with van der Waals surface area (Å²) < 4.78 is 0. The maximum Gasteiger partial charge on any atom is 0.255 e. The summed E-state index contributed by atoms with van der Waals surface area (Å²) in [6, 6.07) is 17.0. The lowest BCUT2D eigenvalue weighted by atomic mass is 10.0. The molecule has 0 spiro atoms. The fraction of sp³-hybridized carbons (Fsp3) is 0.176. The zero-order valence-corrected chi connectivity index (χ0v) is 11.4. The van der Waals surface area contributed by atoms with E-state index < -0.39 is 0 Å². The van der Waals surface area contributed by atoms with Gasteiger partial charge < -0.3 is 5.32 Å². The number of rotatable bonds is 4. The van der Waals surface area contributed by atoms with Crippen molar-refractivity contribution in [2.45, 2.75) is 19.8 Å². The Morgan fingerprint density at radius 1 is 1.15 bits per heavy atom. The van der Waals surface area contributed by atoms with Crippen molar-refractivity contribution >= 4 is 11.6 Å². The van der Waals surface area contributed by atoms with Gasteiger partial charge in [-0.15, -0.1) is 0 Å². The lowest BCUT2D eigenvalue weighted by Crippen LogP contribution is -2.14. The topological polar surface area (TPSA) is 52.9 Å². The van der Waals surface area contributed by atoms with Crippen LogP contribution in [0.5, 0.6) is 0 Å². The van der Waals surface area contributed by atoms with E-state index in [9.17, 15) is 4.79 Å². The Bertz CT molecular complexity index is 639. The van der Waals surface area contributed by atoms with Crippen molar-refractivity contribution in [3.63, 3.8) is 0 Å². The number of aryl methyl sites for hydroxylation is 1. The van der Waals surface area contributed by atoms with Gasteiger partial charge in [-0.3, -0.25) is 4.79 Å². The van der Waals surface area contributed by atoms with Crippen LogP contribution in [0.4, 0.5) is 5.69 Å². The number of hydrogen-bond donors (Lipinski definition) is 1. The standard InChI is InChI=1S/C17H16N2O/c1-2-13-7-9-15(10-8-13)19-17(20)16-6-4-3-5-14(16)11-12-18/h3-10H,2,11H2,1H3,(H,19,20).